The molecule has 0 fully saturated rings. The summed E-state index contributed by atoms with van der Waals surface area (Å²) >= 11 is 4.52. The van der Waals surface area contributed by atoms with E-state index in [9.17, 15) is 4.79 Å². The Balaban J connectivity index is 1.59. The lowest BCUT2D eigenvalue weighted by atomic mass is 10.3. The Morgan fingerprint density at radius 1 is 1.09 bits per heavy atom. The number of amides is 1. The third-order valence-electron chi connectivity index (χ3n) is 3.17. The molecule has 23 heavy (non-hydrogen) atoms. The molecule has 0 aliphatic heterocycles. The summed E-state index contributed by atoms with van der Waals surface area (Å²) in [6, 6.07) is 11.8. The highest BCUT2D eigenvalue weighted by Gasteiger charge is 2.14. The van der Waals surface area contributed by atoms with E-state index in [-0.39, 0.29) is 5.91 Å². The standard InChI is InChI=1S/C16H11N3OS3/c1-9-8-21-16(17-9)19-14(20)12-6-7-13(22-12)15-18-10-4-2-3-5-11(10)23-15/h2-8H,1H3,(H,17,19,20). The number of hydrogen-bond donors (Lipinski definition) is 1. The van der Waals surface area contributed by atoms with Gasteiger partial charge in [0.2, 0.25) is 0 Å². The number of carbonyl (C=O) groups is 1. The van der Waals surface area contributed by atoms with Crippen LogP contribution in [0.25, 0.3) is 20.1 Å². The van der Waals surface area contributed by atoms with Gasteiger partial charge >= 0.3 is 0 Å². The molecule has 0 unspecified atom stereocenters. The number of carbonyl (C=O) groups excluding carboxylic acids is 1. The lowest BCUT2D eigenvalue weighted by Gasteiger charge is -1.97. The summed E-state index contributed by atoms with van der Waals surface area (Å²) in [6.45, 7) is 1.91. The molecule has 7 heteroatoms. The molecule has 3 aromatic heterocycles. The van der Waals surface area contributed by atoms with Gasteiger partial charge in [0.1, 0.15) is 5.01 Å². The maximum atomic E-state index is 12.3. The van der Waals surface area contributed by atoms with Crippen LogP contribution in [0, 0.1) is 6.92 Å². The van der Waals surface area contributed by atoms with Crippen molar-refractivity contribution < 1.29 is 4.79 Å². The van der Waals surface area contributed by atoms with Crippen LogP contribution in [0.5, 0.6) is 0 Å². The Morgan fingerprint density at radius 3 is 2.74 bits per heavy atom. The Labute approximate surface area is 144 Å². The number of benzene rings is 1. The van der Waals surface area contributed by atoms with Crippen molar-refractivity contribution in [3.05, 3.63) is 52.3 Å². The number of fused-ring (bicyclic) bond motifs is 1. The molecule has 0 saturated heterocycles. The molecule has 1 N–H and O–H groups in total. The summed E-state index contributed by atoms with van der Waals surface area (Å²) in [4.78, 5) is 22.8. The van der Waals surface area contributed by atoms with E-state index < -0.39 is 0 Å². The Kier molecular flexibility index (Phi) is 3.68. The highest BCUT2D eigenvalue weighted by Crippen LogP contribution is 2.34. The molecule has 0 spiro atoms. The number of aromatic nitrogens is 2. The minimum absolute atomic E-state index is 0.128. The summed E-state index contributed by atoms with van der Waals surface area (Å²) in [7, 11) is 0. The smallest absolute Gasteiger partial charge is 0.267 e. The zero-order valence-corrected chi connectivity index (χ0v) is 14.5. The summed E-state index contributed by atoms with van der Waals surface area (Å²) in [5, 5.41) is 6.32. The first-order valence-corrected chi connectivity index (χ1v) is 9.39. The van der Waals surface area contributed by atoms with E-state index in [1.165, 1.54) is 22.7 Å². The molecular weight excluding hydrogens is 346 g/mol. The van der Waals surface area contributed by atoms with Crippen LogP contribution in [-0.4, -0.2) is 15.9 Å². The summed E-state index contributed by atoms with van der Waals surface area (Å²) in [6.07, 6.45) is 0. The van der Waals surface area contributed by atoms with Crippen LogP contribution in [0.3, 0.4) is 0 Å². The SMILES string of the molecule is Cc1csc(NC(=O)c2ccc(-c3nc4ccccc4s3)s2)n1. The third-order valence-corrected chi connectivity index (χ3v) is 6.34. The Bertz CT molecular complexity index is 966. The highest BCUT2D eigenvalue weighted by molar-refractivity contribution is 7.26. The zero-order valence-electron chi connectivity index (χ0n) is 12.1. The fourth-order valence-electron chi connectivity index (χ4n) is 2.12. The normalized spacial score (nSPS) is 11.0. The van der Waals surface area contributed by atoms with Crippen molar-refractivity contribution in [1.82, 2.24) is 9.97 Å². The van der Waals surface area contributed by atoms with Crippen LogP contribution in [0.4, 0.5) is 5.13 Å². The van der Waals surface area contributed by atoms with Crippen molar-refractivity contribution in [1.29, 1.82) is 0 Å². The molecular formula is C16H11N3OS3. The van der Waals surface area contributed by atoms with Gasteiger partial charge in [-0.2, -0.15) is 0 Å². The van der Waals surface area contributed by atoms with Crippen molar-refractivity contribution in [2.75, 3.05) is 5.32 Å². The number of thiophene rings is 1. The number of hydrogen-bond acceptors (Lipinski definition) is 6. The summed E-state index contributed by atoms with van der Waals surface area (Å²) in [5.41, 5.74) is 1.90. The van der Waals surface area contributed by atoms with E-state index in [0.717, 1.165) is 25.8 Å². The Morgan fingerprint density at radius 2 is 1.96 bits per heavy atom. The van der Waals surface area contributed by atoms with Gasteiger partial charge in [-0.1, -0.05) is 12.1 Å². The van der Waals surface area contributed by atoms with Crippen molar-refractivity contribution in [3.8, 4) is 9.88 Å². The van der Waals surface area contributed by atoms with Gasteiger partial charge in [-0.15, -0.1) is 34.0 Å². The second-order valence-corrected chi connectivity index (χ2v) is 7.87. The number of nitrogens with zero attached hydrogens (tertiary/aromatic N) is 2. The van der Waals surface area contributed by atoms with Crippen LogP contribution < -0.4 is 5.32 Å². The molecule has 4 nitrogen and oxygen atoms in total. The molecule has 0 aliphatic carbocycles. The summed E-state index contributed by atoms with van der Waals surface area (Å²) < 4.78 is 1.15. The lowest BCUT2D eigenvalue weighted by Crippen LogP contribution is -2.09. The van der Waals surface area contributed by atoms with Crippen molar-refractivity contribution in [3.63, 3.8) is 0 Å². The van der Waals surface area contributed by atoms with E-state index in [0.29, 0.717) is 10.0 Å². The molecule has 1 amide bonds. The molecule has 0 bridgehead atoms. The molecule has 0 atom stereocenters. The minimum Gasteiger partial charge on any atom is -0.297 e. The van der Waals surface area contributed by atoms with E-state index >= 15 is 0 Å². The largest absolute Gasteiger partial charge is 0.297 e. The van der Waals surface area contributed by atoms with Crippen LogP contribution in [0.1, 0.15) is 15.4 Å². The van der Waals surface area contributed by atoms with E-state index in [2.05, 4.69) is 21.4 Å². The van der Waals surface area contributed by atoms with Crippen molar-refractivity contribution in [2.24, 2.45) is 0 Å². The van der Waals surface area contributed by atoms with Gasteiger partial charge in [-0.25, -0.2) is 9.97 Å². The average Bonchev–Trinajstić information content (AvgIpc) is 3.25. The maximum absolute atomic E-state index is 12.3. The molecule has 0 saturated carbocycles. The Hall–Kier alpha value is -2.09. The lowest BCUT2D eigenvalue weighted by molar-refractivity contribution is 0.103. The fourth-order valence-corrected chi connectivity index (χ4v) is 4.73. The predicted octanol–water partition coefficient (Wildman–Crippen LogP) is 5.04. The first kappa shape index (κ1) is 14.5. The zero-order chi connectivity index (χ0) is 15.8. The van der Waals surface area contributed by atoms with Crippen LogP contribution in [-0.2, 0) is 0 Å². The number of anilines is 1. The highest BCUT2D eigenvalue weighted by atomic mass is 32.1. The molecule has 4 aromatic rings. The average molecular weight is 357 g/mol. The number of para-hydroxylation sites is 1. The van der Waals surface area contributed by atoms with Gasteiger partial charge in [-0.05, 0) is 31.2 Å². The minimum atomic E-state index is -0.128. The van der Waals surface area contributed by atoms with E-state index in [4.69, 9.17) is 0 Å². The summed E-state index contributed by atoms with van der Waals surface area (Å²) in [5.74, 6) is -0.128. The van der Waals surface area contributed by atoms with Crippen molar-refractivity contribution in [2.45, 2.75) is 6.92 Å². The van der Waals surface area contributed by atoms with Gasteiger partial charge in [0.15, 0.2) is 5.13 Å². The molecule has 4 rings (SSSR count). The molecule has 0 radical (unpaired) electrons. The number of aryl methyl sites for hydroxylation is 1. The van der Waals surface area contributed by atoms with Crippen molar-refractivity contribution >= 4 is 55.3 Å². The van der Waals surface area contributed by atoms with Gasteiger partial charge in [0.05, 0.1) is 25.7 Å². The monoisotopic (exact) mass is 357 g/mol. The van der Waals surface area contributed by atoms with Gasteiger partial charge in [0, 0.05) is 5.38 Å². The topological polar surface area (TPSA) is 54.9 Å². The molecule has 3 heterocycles. The second-order valence-electron chi connectivity index (χ2n) is 4.90. The number of rotatable bonds is 3. The third kappa shape index (κ3) is 2.90. The van der Waals surface area contributed by atoms with Crippen LogP contribution in [0.15, 0.2) is 41.8 Å². The van der Waals surface area contributed by atoms with Gasteiger partial charge in [-0.3, -0.25) is 10.1 Å². The first-order valence-electron chi connectivity index (χ1n) is 6.88. The van der Waals surface area contributed by atoms with Gasteiger partial charge < -0.3 is 0 Å². The molecule has 0 aliphatic rings. The second kappa shape index (κ2) is 5.84. The van der Waals surface area contributed by atoms with Crippen LogP contribution in [0.2, 0.25) is 0 Å². The fraction of sp³-hybridized carbons (Fsp3) is 0.0625. The number of thiazole rings is 2. The quantitative estimate of drug-likeness (QED) is 0.559. The van der Waals surface area contributed by atoms with Crippen LogP contribution >= 0.6 is 34.0 Å². The molecule has 114 valence electrons. The predicted molar refractivity (Wildman–Crippen MR) is 97.7 cm³/mol. The van der Waals surface area contributed by atoms with Gasteiger partial charge in [0.25, 0.3) is 5.91 Å². The van der Waals surface area contributed by atoms with E-state index in [1.54, 1.807) is 11.3 Å². The molecule has 1 aromatic carbocycles. The number of nitrogens with one attached hydrogen (secondary N) is 1. The maximum Gasteiger partial charge on any atom is 0.267 e. The first-order chi connectivity index (χ1) is 11.2. The van der Waals surface area contributed by atoms with E-state index in [1.807, 2.05) is 42.6 Å².